The molecule has 0 saturated heterocycles. The summed E-state index contributed by atoms with van der Waals surface area (Å²) >= 11 is 0. The molecule has 0 saturated carbocycles. The molecule has 11 aromatic rings. The Kier molecular flexibility index (Phi) is 9.13. The summed E-state index contributed by atoms with van der Waals surface area (Å²) < 4.78 is 0. The average molecular weight is 814 g/mol. The Morgan fingerprint density at radius 1 is 0.234 bits per heavy atom. The van der Waals surface area contributed by atoms with Crippen molar-refractivity contribution in [3.8, 4) is 44.5 Å². The highest BCUT2D eigenvalue weighted by molar-refractivity contribution is 6.15. The minimum Gasteiger partial charge on any atom is -0.310 e. The number of nitrogens with zero attached hydrogens (tertiary/aromatic N) is 1. The van der Waals surface area contributed by atoms with Gasteiger partial charge in [0.15, 0.2) is 0 Å². The van der Waals surface area contributed by atoms with Crippen molar-refractivity contribution in [3.05, 3.63) is 283 Å². The molecule has 0 fully saturated rings. The first-order chi connectivity index (χ1) is 31.8. The molecule has 1 nitrogen and oxygen atoms in total. The molecule has 0 heterocycles. The SMILES string of the molecule is c1ccc(-c2ccc(N(c3ccc(-c4cccc5c4ccc4c(-c6ccccc6)cccc45)cc3)c3ccc4c(c3)C(c3ccccc3)(c3ccccc3)c3ccccc3-4)cc2)cc1. The molecule has 12 rings (SSSR count). The number of fused-ring (bicyclic) bond motifs is 6. The van der Waals surface area contributed by atoms with E-state index in [1.807, 2.05) is 0 Å². The normalized spacial score (nSPS) is 12.5. The van der Waals surface area contributed by atoms with Gasteiger partial charge in [-0.15, -0.1) is 0 Å². The molecule has 1 aliphatic rings. The maximum Gasteiger partial charge on any atom is 0.0714 e. The van der Waals surface area contributed by atoms with Crippen LogP contribution in [0.15, 0.2) is 261 Å². The second-order valence-corrected chi connectivity index (χ2v) is 16.8. The van der Waals surface area contributed by atoms with Crippen molar-refractivity contribution in [1.82, 2.24) is 0 Å². The molecule has 0 aromatic heterocycles. The lowest BCUT2D eigenvalue weighted by molar-refractivity contribution is 0.768. The standard InChI is InChI=1S/C63H43N/c1-5-17-44(18-6-1)45-31-35-50(36-32-45)64(52-39-40-60-59-25-13-14-30-61(59)63(62(60)43-52,48-21-9-3-10-22-48)49-23-11-4-12-24-49)51-37-33-47(34-38-51)54-27-16-29-56-55-28-15-26-53(46-19-7-2-8-20-46)57(55)41-42-58(54)56/h1-43H. The highest BCUT2D eigenvalue weighted by Crippen LogP contribution is 2.57. The van der Waals surface area contributed by atoms with Gasteiger partial charge >= 0.3 is 0 Å². The van der Waals surface area contributed by atoms with Crippen molar-refractivity contribution in [1.29, 1.82) is 0 Å². The fourth-order valence-electron chi connectivity index (χ4n) is 10.5. The van der Waals surface area contributed by atoms with Gasteiger partial charge in [0.1, 0.15) is 0 Å². The van der Waals surface area contributed by atoms with Gasteiger partial charge in [0.05, 0.1) is 5.41 Å². The molecule has 300 valence electrons. The van der Waals surface area contributed by atoms with E-state index in [0.29, 0.717) is 0 Å². The summed E-state index contributed by atoms with van der Waals surface area (Å²) in [7, 11) is 0. The van der Waals surface area contributed by atoms with Crippen LogP contribution in [0.2, 0.25) is 0 Å². The van der Waals surface area contributed by atoms with Gasteiger partial charge < -0.3 is 4.90 Å². The Bertz CT molecular complexity index is 3410. The lowest BCUT2D eigenvalue weighted by Crippen LogP contribution is -2.28. The average Bonchev–Trinajstić information content (AvgIpc) is 3.68. The number of hydrogen-bond donors (Lipinski definition) is 0. The van der Waals surface area contributed by atoms with Crippen molar-refractivity contribution in [2.75, 3.05) is 4.90 Å². The van der Waals surface area contributed by atoms with E-state index >= 15 is 0 Å². The zero-order chi connectivity index (χ0) is 42.5. The predicted molar refractivity (Wildman–Crippen MR) is 270 cm³/mol. The summed E-state index contributed by atoms with van der Waals surface area (Å²) in [6.07, 6.45) is 0. The van der Waals surface area contributed by atoms with Crippen LogP contribution in [0.5, 0.6) is 0 Å². The number of hydrogen-bond acceptors (Lipinski definition) is 1. The van der Waals surface area contributed by atoms with Crippen LogP contribution in [0.25, 0.3) is 66.1 Å². The van der Waals surface area contributed by atoms with Crippen LogP contribution in [0.3, 0.4) is 0 Å². The molecule has 0 unspecified atom stereocenters. The Balaban J connectivity index is 1.01. The van der Waals surface area contributed by atoms with Crippen molar-refractivity contribution in [2.45, 2.75) is 5.41 Å². The lowest BCUT2D eigenvalue weighted by Gasteiger charge is -2.35. The third-order valence-corrected chi connectivity index (χ3v) is 13.4. The molecule has 0 radical (unpaired) electrons. The van der Waals surface area contributed by atoms with Crippen LogP contribution in [0, 0.1) is 0 Å². The van der Waals surface area contributed by atoms with E-state index in [-0.39, 0.29) is 0 Å². The Morgan fingerprint density at radius 3 is 1.20 bits per heavy atom. The number of anilines is 3. The third kappa shape index (κ3) is 6.08. The van der Waals surface area contributed by atoms with Gasteiger partial charge in [0, 0.05) is 17.1 Å². The summed E-state index contributed by atoms with van der Waals surface area (Å²) in [6.45, 7) is 0. The zero-order valence-electron chi connectivity index (χ0n) is 35.3. The molecular formula is C63H43N. The van der Waals surface area contributed by atoms with Crippen LogP contribution in [-0.2, 0) is 5.41 Å². The number of rotatable bonds is 8. The predicted octanol–water partition coefficient (Wildman–Crippen LogP) is 16.8. The van der Waals surface area contributed by atoms with E-state index < -0.39 is 5.41 Å². The Hall–Kier alpha value is -8.26. The lowest BCUT2D eigenvalue weighted by atomic mass is 9.67. The van der Waals surface area contributed by atoms with E-state index in [2.05, 4.69) is 266 Å². The highest BCUT2D eigenvalue weighted by Gasteiger charge is 2.46. The molecule has 1 aliphatic carbocycles. The molecule has 1 heteroatoms. The van der Waals surface area contributed by atoms with Gasteiger partial charge in [-0.3, -0.25) is 0 Å². The summed E-state index contributed by atoms with van der Waals surface area (Å²) in [4.78, 5) is 2.42. The van der Waals surface area contributed by atoms with Gasteiger partial charge in [-0.1, -0.05) is 224 Å². The third-order valence-electron chi connectivity index (χ3n) is 13.4. The molecule has 0 N–H and O–H groups in total. The largest absolute Gasteiger partial charge is 0.310 e. The van der Waals surface area contributed by atoms with E-state index in [9.17, 15) is 0 Å². The minimum atomic E-state index is -0.502. The van der Waals surface area contributed by atoms with Crippen molar-refractivity contribution < 1.29 is 0 Å². The van der Waals surface area contributed by atoms with Crippen molar-refractivity contribution in [2.24, 2.45) is 0 Å². The fraction of sp³-hybridized carbons (Fsp3) is 0.0159. The molecule has 0 atom stereocenters. The van der Waals surface area contributed by atoms with Gasteiger partial charge in [-0.25, -0.2) is 0 Å². The summed E-state index contributed by atoms with van der Waals surface area (Å²) in [6, 6.07) is 95.7. The van der Waals surface area contributed by atoms with Crippen molar-refractivity contribution in [3.63, 3.8) is 0 Å². The van der Waals surface area contributed by atoms with Crippen LogP contribution in [-0.4, -0.2) is 0 Å². The van der Waals surface area contributed by atoms with E-state index in [1.165, 1.54) is 88.3 Å². The quantitative estimate of drug-likeness (QED) is 0.138. The molecule has 64 heavy (non-hydrogen) atoms. The molecule has 0 bridgehead atoms. The summed E-state index contributed by atoms with van der Waals surface area (Å²) in [5, 5.41) is 5.04. The first-order valence-corrected chi connectivity index (χ1v) is 22.2. The van der Waals surface area contributed by atoms with Gasteiger partial charge in [-0.2, -0.15) is 0 Å². The summed E-state index contributed by atoms with van der Waals surface area (Å²) in [5.41, 5.74) is 17.7. The van der Waals surface area contributed by atoms with Crippen molar-refractivity contribution >= 4 is 38.6 Å². The van der Waals surface area contributed by atoms with Crippen LogP contribution in [0.1, 0.15) is 22.3 Å². The maximum atomic E-state index is 2.45. The molecule has 11 aromatic carbocycles. The van der Waals surface area contributed by atoms with Crippen LogP contribution >= 0.6 is 0 Å². The van der Waals surface area contributed by atoms with E-state index in [1.54, 1.807) is 0 Å². The van der Waals surface area contributed by atoms with Gasteiger partial charge in [-0.05, 0) is 125 Å². The molecule has 0 spiro atoms. The smallest absolute Gasteiger partial charge is 0.0714 e. The van der Waals surface area contributed by atoms with E-state index in [4.69, 9.17) is 0 Å². The monoisotopic (exact) mass is 813 g/mol. The summed E-state index contributed by atoms with van der Waals surface area (Å²) in [5.74, 6) is 0. The van der Waals surface area contributed by atoms with Gasteiger partial charge in [0.25, 0.3) is 0 Å². The minimum absolute atomic E-state index is 0.502. The van der Waals surface area contributed by atoms with E-state index in [0.717, 1.165) is 17.1 Å². The zero-order valence-corrected chi connectivity index (χ0v) is 35.3. The highest BCUT2D eigenvalue weighted by atomic mass is 15.1. The molecule has 0 aliphatic heterocycles. The second kappa shape index (κ2) is 15.6. The molecule has 0 amide bonds. The molecular weight excluding hydrogens is 771 g/mol. The Morgan fingerprint density at radius 2 is 0.641 bits per heavy atom. The Labute approximate surface area is 374 Å². The topological polar surface area (TPSA) is 3.24 Å². The van der Waals surface area contributed by atoms with Crippen LogP contribution < -0.4 is 4.90 Å². The first kappa shape index (κ1) is 37.5. The number of benzene rings is 11. The van der Waals surface area contributed by atoms with Gasteiger partial charge in [0.2, 0.25) is 0 Å². The van der Waals surface area contributed by atoms with Crippen LogP contribution in [0.4, 0.5) is 17.1 Å². The fourth-order valence-corrected chi connectivity index (χ4v) is 10.5. The first-order valence-electron chi connectivity index (χ1n) is 22.2. The maximum absolute atomic E-state index is 2.45. The second-order valence-electron chi connectivity index (χ2n) is 16.8.